The number of likely N-dealkylation sites (N-methyl/N-ethyl adjacent to an activating group) is 2. The molecule has 0 radical (unpaired) electrons. The number of phenolic OH excluding ortho intramolecular Hbond substituents is 1. The van der Waals surface area contributed by atoms with Crippen molar-refractivity contribution < 1.29 is 19.4 Å². The molecule has 29 heavy (non-hydrogen) atoms. The molecule has 0 bridgehead atoms. The van der Waals surface area contributed by atoms with Crippen molar-refractivity contribution >= 4 is 30.6 Å². The van der Waals surface area contributed by atoms with Gasteiger partial charge < -0.3 is 4.74 Å². The molecule has 0 saturated carbocycles. The number of carbonyl (C=O) groups excluding carboxylic acids is 2. The molecule has 0 aliphatic carbocycles. The van der Waals surface area contributed by atoms with E-state index in [0.717, 1.165) is 23.0 Å². The van der Waals surface area contributed by atoms with Crippen LogP contribution in [0.2, 0.25) is 0 Å². The average molecular weight is 460 g/mol. The van der Waals surface area contributed by atoms with Crippen LogP contribution in [-0.4, -0.2) is 81.5 Å². The van der Waals surface area contributed by atoms with Crippen LogP contribution in [0.5, 0.6) is 5.75 Å². The molecule has 7 heteroatoms. The molecule has 2 unspecified atom stereocenters. The summed E-state index contributed by atoms with van der Waals surface area (Å²) in [4.78, 5) is 28.2. The van der Waals surface area contributed by atoms with E-state index in [4.69, 9.17) is 4.74 Å². The third-order valence-corrected chi connectivity index (χ3v) is 6.92. The Morgan fingerprint density at radius 3 is 2.28 bits per heavy atom. The van der Waals surface area contributed by atoms with E-state index in [0.29, 0.717) is 12.1 Å². The molecular formula is C22H29AsN2O4. The van der Waals surface area contributed by atoms with Crippen LogP contribution in [0.3, 0.4) is 0 Å². The van der Waals surface area contributed by atoms with E-state index < -0.39 is 15.8 Å². The molecule has 0 amide bonds. The number of nitrogens with zero attached hydrogens (tertiary/aromatic N) is 2. The van der Waals surface area contributed by atoms with Gasteiger partial charge in [0.05, 0.1) is 7.11 Å². The van der Waals surface area contributed by atoms with Crippen molar-refractivity contribution in [3.63, 3.8) is 0 Å². The van der Waals surface area contributed by atoms with E-state index in [1.807, 2.05) is 38.4 Å². The van der Waals surface area contributed by atoms with Gasteiger partial charge in [-0.2, -0.15) is 0 Å². The molecular weight excluding hydrogens is 431 g/mol. The zero-order chi connectivity index (χ0) is 21.4. The molecule has 156 valence electrons. The Morgan fingerprint density at radius 1 is 1.07 bits per heavy atom. The average Bonchev–Trinajstić information content (AvgIpc) is 2.69. The molecule has 6 nitrogen and oxygen atoms in total. The summed E-state index contributed by atoms with van der Waals surface area (Å²) in [7, 11) is 5.40. The fourth-order valence-corrected chi connectivity index (χ4v) is 5.02. The van der Waals surface area contributed by atoms with Crippen LogP contribution in [0.25, 0.3) is 0 Å². The number of phenols is 1. The number of carbonyl (C=O) groups is 2. The monoisotopic (exact) mass is 460 g/mol. The van der Waals surface area contributed by atoms with Crippen molar-refractivity contribution in [1.82, 2.24) is 9.80 Å². The number of rotatable bonds is 10. The number of benzene rings is 2. The second-order valence-electron chi connectivity index (χ2n) is 7.24. The predicted octanol–water partition coefficient (Wildman–Crippen LogP) is 1.22. The van der Waals surface area contributed by atoms with Crippen molar-refractivity contribution in [3.8, 4) is 5.75 Å². The van der Waals surface area contributed by atoms with E-state index in [-0.39, 0.29) is 22.3 Å². The summed E-state index contributed by atoms with van der Waals surface area (Å²) < 4.78 is 6.02. The summed E-state index contributed by atoms with van der Waals surface area (Å²) in [6, 6.07) is 14.6. The molecule has 0 saturated heterocycles. The van der Waals surface area contributed by atoms with Crippen LogP contribution in [0.4, 0.5) is 0 Å². The number of ether oxygens (including phenoxy) is 1. The maximum atomic E-state index is 12.4. The maximum absolute atomic E-state index is 12.4. The number of aromatic hydroxyl groups is 1. The van der Waals surface area contributed by atoms with E-state index >= 15 is 0 Å². The quantitative estimate of drug-likeness (QED) is 0.425. The van der Waals surface area contributed by atoms with E-state index in [1.54, 1.807) is 24.3 Å². The third-order valence-electron chi connectivity index (χ3n) is 4.70. The van der Waals surface area contributed by atoms with Gasteiger partial charge in [0.25, 0.3) is 0 Å². The van der Waals surface area contributed by atoms with Gasteiger partial charge in [0, 0.05) is 0 Å². The zero-order valence-electron chi connectivity index (χ0n) is 17.4. The summed E-state index contributed by atoms with van der Waals surface area (Å²) in [5.74, 6) is -0.109. The van der Waals surface area contributed by atoms with Gasteiger partial charge in [0.1, 0.15) is 0 Å². The molecule has 0 spiro atoms. The third kappa shape index (κ3) is 7.65. The fraction of sp³-hybridized carbons (Fsp3) is 0.364. The first-order valence-corrected chi connectivity index (χ1v) is 11.5. The minimum absolute atomic E-state index is 0.224. The van der Waals surface area contributed by atoms with Gasteiger partial charge in [0.2, 0.25) is 0 Å². The van der Waals surface area contributed by atoms with Gasteiger partial charge in [-0.15, -0.1) is 0 Å². The van der Waals surface area contributed by atoms with Crippen LogP contribution in [0, 0.1) is 0 Å². The second-order valence-corrected chi connectivity index (χ2v) is 10.2. The topological polar surface area (TPSA) is 70.1 Å². The fourth-order valence-electron chi connectivity index (χ4n) is 2.96. The van der Waals surface area contributed by atoms with Gasteiger partial charge in [-0.3, -0.25) is 0 Å². The van der Waals surface area contributed by atoms with E-state index in [1.165, 1.54) is 7.11 Å². The van der Waals surface area contributed by atoms with E-state index in [2.05, 4.69) is 16.7 Å². The predicted molar refractivity (Wildman–Crippen MR) is 116 cm³/mol. The zero-order valence-corrected chi connectivity index (χ0v) is 19.5. The van der Waals surface area contributed by atoms with Crippen LogP contribution >= 0.6 is 0 Å². The number of methoxy groups -OCH3 is 1. The van der Waals surface area contributed by atoms with Crippen molar-refractivity contribution in [1.29, 1.82) is 0 Å². The molecule has 1 N–H and O–H groups in total. The second kappa shape index (κ2) is 11.1. The summed E-state index contributed by atoms with van der Waals surface area (Å²) in [6.07, 6.45) is 0. The van der Waals surface area contributed by atoms with Gasteiger partial charge >= 0.3 is 162 Å². The van der Waals surface area contributed by atoms with Gasteiger partial charge in [-0.05, 0) is 0 Å². The Kier molecular flexibility index (Phi) is 8.90. The van der Waals surface area contributed by atoms with Crippen molar-refractivity contribution in [2.45, 2.75) is 19.5 Å². The first-order valence-electron chi connectivity index (χ1n) is 9.43. The van der Waals surface area contributed by atoms with Crippen LogP contribution < -0.4 is 4.35 Å². The van der Waals surface area contributed by atoms with Crippen LogP contribution in [0.15, 0.2) is 48.5 Å². The van der Waals surface area contributed by atoms with Gasteiger partial charge in [0.15, 0.2) is 0 Å². The molecule has 2 rings (SSSR count). The molecule has 0 aromatic heterocycles. The Hall–Kier alpha value is -2.14. The summed E-state index contributed by atoms with van der Waals surface area (Å²) in [5, 5.41) is 9.34. The molecule has 2 aromatic rings. The summed E-state index contributed by atoms with van der Waals surface area (Å²) in [6.45, 7) is 4.13. The Bertz CT molecular complexity index is 809. The number of hydrogen-bond donors (Lipinski definition) is 1. The van der Waals surface area contributed by atoms with Crippen molar-refractivity contribution in [2.24, 2.45) is 0 Å². The molecule has 0 aliphatic heterocycles. The van der Waals surface area contributed by atoms with Gasteiger partial charge in [-0.25, -0.2) is 4.79 Å². The van der Waals surface area contributed by atoms with Gasteiger partial charge in [-0.1, -0.05) is 0 Å². The molecule has 0 aliphatic rings. The minimum atomic E-state index is -0.871. The van der Waals surface area contributed by atoms with Crippen molar-refractivity contribution in [3.05, 3.63) is 59.7 Å². The molecule has 0 heterocycles. The standard InChI is InChI=1S/C22H29AsN2O4/c1-16(25(3)15-21(27)23-19-9-11-20(26)12-10-19)13-24(2)14-17-5-7-18(8-6-17)22(28)29-4/h5-12,16,23,26H,13-15H2,1-4H3. The molecule has 0 fully saturated rings. The van der Waals surface area contributed by atoms with Crippen LogP contribution in [-0.2, 0) is 16.1 Å². The number of hydrogen-bond acceptors (Lipinski definition) is 6. The first kappa shape index (κ1) is 23.1. The Morgan fingerprint density at radius 2 is 1.69 bits per heavy atom. The summed E-state index contributed by atoms with van der Waals surface area (Å²) >= 11 is -0.871. The SMILES string of the molecule is COC(=O)c1ccc(CN(C)CC(C)N(C)CC(=O)[AsH]c2ccc(O)cc2)cc1. The van der Waals surface area contributed by atoms with E-state index in [9.17, 15) is 14.7 Å². The first-order chi connectivity index (χ1) is 13.8. The summed E-state index contributed by atoms with van der Waals surface area (Å²) in [5.41, 5.74) is 1.66. The molecule has 2 aromatic carbocycles. The Balaban J connectivity index is 1.80. The Labute approximate surface area is 179 Å². The normalized spacial score (nSPS) is 12.6. The van der Waals surface area contributed by atoms with Crippen molar-refractivity contribution in [2.75, 3.05) is 34.3 Å². The number of esters is 1. The molecule has 2 atom stereocenters. The van der Waals surface area contributed by atoms with Crippen LogP contribution in [0.1, 0.15) is 22.8 Å².